The molecule has 1 fully saturated rings. The molecule has 1 saturated heterocycles. The van der Waals surface area contributed by atoms with E-state index < -0.39 is 0 Å². The van der Waals surface area contributed by atoms with E-state index in [-0.39, 0.29) is 11.9 Å². The molecule has 1 aliphatic heterocycles. The molecule has 0 bridgehead atoms. The predicted molar refractivity (Wildman–Crippen MR) is 109 cm³/mol. The van der Waals surface area contributed by atoms with Crippen LogP contribution in [0.4, 0.5) is 0 Å². The molecule has 0 N–H and O–H groups in total. The number of rotatable bonds is 8. The molecular weight excluding hydrogens is 354 g/mol. The number of aryl methyl sites for hydroxylation is 1. The van der Waals surface area contributed by atoms with Gasteiger partial charge < -0.3 is 19.1 Å². The van der Waals surface area contributed by atoms with Crippen molar-refractivity contribution in [2.45, 2.75) is 38.6 Å². The Hall–Kier alpha value is -2.69. The van der Waals surface area contributed by atoms with Gasteiger partial charge in [0.05, 0.1) is 26.9 Å². The van der Waals surface area contributed by atoms with Gasteiger partial charge in [-0.3, -0.25) is 4.79 Å². The Morgan fingerprint density at radius 2 is 1.86 bits per heavy atom. The first-order chi connectivity index (χ1) is 13.6. The third-order valence-corrected chi connectivity index (χ3v) is 5.25. The first kappa shape index (κ1) is 20.1. The number of hydrogen-bond donors (Lipinski definition) is 0. The van der Waals surface area contributed by atoms with Crippen molar-refractivity contribution >= 4 is 5.91 Å². The predicted octanol–water partition coefficient (Wildman–Crippen LogP) is 4.53. The molecule has 0 saturated carbocycles. The molecule has 1 amide bonds. The molecule has 1 aliphatic rings. The Labute approximate surface area is 167 Å². The lowest BCUT2D eigenvalue weighted by Crippen LogP contribution is -2.30. The van der Waals surface area contributed by atoms with Gasteiger partial charge in [-0.1, -0.05) is 24.3 Å². The number of methoxy groups -OCH3 is 2. The summed E-state index contributed by atoms with van der Waals surface area (Å²) in [5.41, 5.74) is 2.21. The number of benzene rings is 2. The summed E-state index contributed by atoms with van der Waals surface area (Å²) in [6, 6.07) is 14.0. The van der Waals surface area contributed by atoms with Crippen molar-refractivity contribution in [3.8, 4) is 17.2 Å². The van der Waals surface area contributed by atoms with Crippen molar-refractivity contribution in [1.82, 2.24) is 4.90 Å². The highest BCUT2D eigenvalue weighted by Gasteiger charge is 2.30. The summed E-state index contributed by atoms with van der Waals surface area (Å²) >= 11 is 0. The van der Waals surface area contributed by atoms with Crippen molar-refractivity contribution in [3.05, 3.63) is 53.6 Å². The minimum Gasteiger partial charge on any atom is -0.493 e. The second-order valence-corrected chi connectivity index (χ2v) is 7.08. The lowest BCUT2D eigenvalue weighted by molar-refractivity contribution is -0.132. The van der Waals surface area contributed by atoms with Crippen molar-refractivity contribution in [2.24, 2.45) is 0 Å². The number of hydrogen-bond acceptors (Lipinski definition) is 4. The molecule has 150 valence electrons. The molecule has 0 aromatic heterocycles. The number of para-hydroxylation sites is 1. The second kappa shape index (κ2) is 9.49. The molecule has 1 heterocycles. The van der Waals surface area contributed by atoms with Gasteiger partial charge in [0, 0.05) is 13.0 Å². The number of amides is 1. The van der Waals surface area contributed by atoms with E-state index in [4.69, 9.17) is 14.2 Å². The topological polar surface area (TPSA) is 48.0 Å². The minimum absolute atomic E-state index is 0.101. The number of carbonyl (C=O) groups excluding carboxylic acids is 1. The summed E-state index contributed by atoms with van der Waals surface area (Å²) in [7, 11) is 3.26. The van der Waals surface area contributed by atoms with Gasteiger partial charge in [0.25, 0.3) is 0 Å². The molecule has 28 heavy (non-hydrogen) atoms. The Morgan fingerprint density at radius 1 is 1.07 bits per heavy atom. The largest absolute Gasteiger partial charge is 0.493 e. The Bertz CT molecular complexity index is 805. The highest BCUT2D eigenvalue weighted by molar-refractivity contribution is 5.77. The maximum Gasteiger partial charge on any atom is 0.223 e. The van der Waals surface area contributed by atoms with Crippen LogP contribution in [-0.2, 0) is 4.79 Å². The van der Waals surface area contributed by atoms with Gasteiger partial charge in [-0.05, 0) is 55.5 Å². The SMILES string of the molecule is COc1ccc(C2CCCN2C(=O)CCCOc2ccccc2C)cc1OC. The van der Waals surface area contributed by atoms with Gasteiger partial charge in [0.2, 0.25) is 5.91 Å². The summed E-state index contributed by atoms with van der Waals surface area (Å²) in [5.74, 6) is 2.48. The smallest absolute Gasteiger partial charge is 0.223 e. The highest BCUT2D eigenvalue weighted by Crippen LogP contribution is 2.37. The number of ether oxygens (including phenoxy) is 3. The molecule has 1 unspecified atom stereocenters. The van der Waals surface area contributed by atoms with Crippen LogP contribution in [0.5, 0.6) is 17.2 Å². The van der Waals surface area contributed by atoms with E-state index in [1.54, 1.807) is 14.2 Å². The minimum atomic E-state index is 0.101. The molecule has 3 rings (SSSR count). The van der Waals surface area contributed by atoms with Crippen LogP contribution in [0, 0.1) is 6.92 Å². The Morgan fingerprint density at radius 3 is 2.61 bits per heavy atom. The molecular formula is C23H29NO4. The zero-order valence-electron chi connectivity index (χ0n) is 16.9. The summed E-state index contributed by atoms with van der Waals surface area (Å²) in [5, 5.41) is 0. The maximum absolute atomic E-state index is 12.8. The van der Waals surface area contributed by atoms with E-state index in [1.807, 2.05) is 54.3 Å². The standard InChI is InChI=1S/C23H29NO4/c1-17-8-4-5-10-20(17)28-15-7-11-23(25)24-14-6-9-19(24)18-12-13-21(26-2)22(16-18)27-3/h4-5,8,10,12-13,16,19H,6-7,9,11,14-15H2,1-3H3. The van der Waals surface area contributed by atoms with Crippen molar-refractivity contribution in [3.63, 3.8) is 0 Å². The first-order valence-corrected chi connectivity index (χ1v) is 9.84. The normalized spacial score (nSPS) is 16.1. The van der Waals surface area contributed by atoms with E-state index >= 15 is 0 Å². The fourth-order valence-electron chi connectivity index (χ4n) is 3.74. The summed E-state index contributed by atoms with van der Waals surface area (Å²) in [6.45, 7) is 3.38. The van der Waals surface area contributed by atoms with Gasteiger partial charge in [-0.2, -0.15) is 0 Å². The van der Waals surface area contributed by atoms with E-state index in [9.17, 15) is 4.79 Å². The van der Waals surface area contributed by atoms with Crippen LogP contribution in [0.3, 0.4) is 0 Å². The van der Waals surface area contributed by atoms with Crippen LogP contribution in [0.15, 0.2) is 42.5 Å². The average molecular weight is 383 g/mol. The summed E-state index contributed by atoms with van der Waals surface area (Å²) in [6.07, 6.45) is 3.20. The van der Waals surface area contributed by atoms with Gasteiger partial charge in [0.1, 0.15) is 5.75 Å². The molecule has 2 aromatic rings. The number of nitrogens with zero attached hydrogens (tertiary/aromatic N) is 1. The first-order valence-electron chi connectivity index (χ1n) is 9.84. The summed E-state index contributed by atoms with van der Waals surface area (Å²) < 4.78 is 16.6. The Kier molecular flexibility index (Phi) is 6.80. The monoisotopic (exact) mass is 383 g/mol. The zero-order valence-corrected chi connectivity index (χ0v) is 16.9. The lowest BCUT2D eigenvalue weighted by atomic mass is 10.0. The Balaban J connectivity index is 1.56. The number of likely N-dealkylation sites (tertiary alicyclic amines) is 1. The molecule has 2 aromatic carbocycles. The van der Waals surface area contributed by atoms with Gasteiger partial charge >= 0.3 is 0 Å². The maximum atomic E-state index is 12.8. The molecule has 0 aliphatic carbocycles. The van der Waals surface area contributed by atoms with Crippen LogP contribution in [0.2, 0.25) is 0 Å². The van der Waals surface area contributed by atoms with Crippen molar-refractivity contribution in [2.75, 3.05) is 27.4 Å². The van der Waals surface area contributed by atoms with E-state index in [0.29, 0.717) is 30.9 Å². The van der Waals surface area contributed by atoms with E-state index in [0.717, 1.165) is 36.3 Å². The van der Waals surface area contributed by atoms with Crippen LogP contribution in [0.1, 0.15) is 42.9 Å². The quantitative estimate of drug-likeness (QED) is 0.628. The third kappa shape index (κ3) is 4.58. The van der Waals surface area contributed by atoms with Gasteiger partial charge in [-0.15, -0.1) is 0 Å². The lowest BCUT2D eigenvalue weighted by Gasteiger charge is -2.26. The zero-order chi connectivity index (χ0) is 19.9. The molecule has 1 atom stereocenters. The summed E-state index contributed by atoms with van der Waals surface area (Å²) in [4.78, 5) is 14.8. The fourth-order valence-corrected chi connectivity index (χ4v) is 3.74. The average Bonchev–Trinajstić information content (AvgIpc) is 3.21. The van der Waals surface area contributed by atoms with Crippen LogP contribution in [-0.4, -0.2) is 38.2 Å². The molecule has 5 heteroatoms. The second-order valence-electron chi connectivity index (χ2n) is 7.08. The van der Waals surface area contributed by atoms with Crippen LogP contribution in [0.25, 0.3) is 0 Å². The highest BCUT2D eigenvalue weighted by atomic mass is 16.5. The molecule has 0 radical (unpaired) electrons. The van der Waals surface area contributed by atoms with Crippen LogP contribution >= 0.6 is 0 Å². The van der Waals surface area contributed by atoms with E-state index in [2.05, 4.69) is 0 Å². The fraction of sp³-hybridized carbons (Fsp3) is 0.435. The van der Waals surface area contributed by atoms with Gasteiger partial charge in [0.15, 0.2) is 11.5 Å². The van der Waals surface area contributed by atoms with Crippen molar-refractivity contribution < 1.29 is 19.0 Å². The van der Waals surface area contributed by atoms with Gasteiger partial charge in [-0.25, -0.2) is 0 Å². The third-order valence-electron chi connectivity index (χ3n) is 5.25. The van der Waals surface area contributed by atoms with Crippen molar-refractivity contribution in [1.29, 1.82) is 0 Å². The van der Waals surface area contributed by atoms with Crippen LogP contribution < -0.4 is 14.2 Å². The molecule has 0 spiro atoms. The van der Waals surface area contributed by atoms with E-state index in [1.165, 1.54) is 0 Å². The number of carbonyl (C=O) groups is 1. The molecule has 5 nitrogen and oxygen atoms in total.